The fraction of sp³-hybridized carbons (Fsp3) is 0.0769. The van der Waals surface area contributed by atoms with Crippen molar-refractivity contribution in [2.24, 2.45) is 0 Å². The number of halogens is 1. The molecule has 0 aliphatic carbocycles. The van der Waals surface area contributed by atoms with E-state index >= 15 is 0 Å². The van der Waals surface area contributed by atoms with Gasteiger partial charge in [-0.1, -0.05) is 28.1 Å². The Hall–Kier alpha value is -1.33. The number of hydrogen-bond acceptors (Lipinski definition) is 3. The molecule has 3 nitrogen and oxygen atoms in total. The van der Waals surface area contributed by atoms with Gasteiger partial charge in [0.15, 0.2) is 0 Å². The third kappa shape index (κ3) is 3.58. The van der Waals surface area contributed by atoms with E-state index < -0.39 is 0 Å². The molecule has 0 fully saturated rings. The summed E-state index contributed by atoms with van der Waals surface area (Å²) in [5.74, 6) is 0.852. The summed E-state index contributed by atoms with van der Waals surface area (Å²) in [4.78, 5) is 11.2. The maximum absolute atomic E-state index is 10.5. The average Bonchev–Trinajstić information content (AvgIpc) is 2.38. The number of thioether (sulfide) groups is 1. The minimum Gasteiger partial charge on any atom is -0.258 e. The van der Waals surface area contributed by atoms with Crippen LogP contribution < -0.4 is 0 Å². The number of hydrogen-bond donors (Lipinski definition) is 0. The molecule has 0 spiro atoms. The average molecular weight is 324 g/mol. The fourth-order valence-corrected chi connectivity index (χ4v) is 2.53. The van der Waals surface area contributed by atoms with Crippen LogP contribution in [0.15, 0.2) is 57.9 Å². The van der Waals surface area contributed by atoms with Gasteiger partial charge >= 0.3 is 0 Å². The lowest BCUT2D eigenvalue weighted by atomic mass is 10.2. The molecule has 0 aromatic heterocycles. The van der Waals surface area contributed by atoms with E-state index in [0.29, 0.717) is 0 Å². The van der Waals surface area contributed by atoms with E-state index in [1.807, 2.05) is 12.1 Å². The van der Waals surface area contributed by atoms with Crippen molar-refractivity contribution in [2.45, 2.75) is 10.6 Å². The molecule has 0 saturated heterocycles. The minimum atomic E-state index is -0.386. The Morgan fingerprint density at radius 1 is 1.06 bits per heavy atom. The summed E-state index contributed by atoms with van der Waals surface area (Å²) >= 11 is 5.05. The predicted molar refractivity (Wildman–Crippen MR) is 76.8 cm³/mol. The molecular weight excluding hydrogens is 314 g/mol. The highest BCUT2D eigenvalue weighted by Gasteiger charge is 2.04. The van der Waals surface area contributed by atoms with Crippen LogP contribution in [-0.2, 0) is 5.75 Å². The Balaban J connectivity index is 1.97. The van der Waals surface area contributed by atoms with Crippen LogP contribution in [0.1, 0.15) is 5.56 Å². The first-order valence-electron chi connectivity index (χ1n) is 5.27. The first-order valence-corrected chi connectivity index (χ1v) is 7.05. The lowest BCUT2D eigenvalue weighted by Crippen LogP contribution is -1.86. The molecule has 0 amide bonds. The zero-order valence-corrected chi connectivity index (χ0v) is 11.8. The van der Waals surface area contributed by atoms with Crippen LogP contribution >= 0.6 is 27.7 Å². The van der Waals surface area contributed by atoms with Crippen molar-refractivity contribution in [3.05, 3.63) is 68.7 Å². The van der Waals surface area contributed by atoms with Crippen LogP contribution in [-0.4, -0.2) is 4.92 Å². The molecule has 0 aliphatic rings. The maximum Gasteiger partial charge on any atom is 0.269 e. The van der Waals surface area contributed by atoms with Crippen molar-refractivity contribution in [2.75, 3.05) is 0 Å². The maximum atomic E-state index is 10.5. The third-order valence-corrected chi connectivity index (χ3v) is 3.98. The monoisotopic (exact) mass is 323 g/mol. The van der Waals surface area contributed by atoms with Gasteiger partial charge in [-0.3, -0.25) is 10.1 Å². The molecule has 0 N–H and O–H groups in total. The zero-order valence-electron chi connectivity index (χ0n) is 9.38. The minimum absolute atomic E-state index is 0.128. The van der Waals surface area contributed by atoms with E-state index in [0.717, 1.165) is 15.1 Å². The summed E-state index contributed by atoms with van der Waals surface area (Å²) in [5.41, 5.74) is 1.35. The molecule has 0 heterocycles. The highest BCUT2D eigenvalue weighted by Crippen LogP contribution is 2.25. The SMILES string of the molecule is O=[N+]([O-])c1ccc(SCc2ccc(Br)cc2)cc1. The largest absolute Gasteiger partial charge is 0.269 e. The second-order valence-electron chi connectivity index (χ2n) is 3.67. The molecule has 2 aromatic carbocycles. The van der Waals surface area contributed by atoms with Gasteiger partial charge < -0.3 is 0 Å². The van der Waals surface area contributed by atoms with Gasteiger partial charge in [0.05, 0.1) is 4.92 Å². The summed E-state index contributed by atoms with van der Waals surface area (Å²) < 4.78 is 1.06. The summed E-state index contributed by atoms with van der Waals surface area (Å²) in [6, 6.07) is 14.7. The highest BCUT2D eigenvalue weighted by atomic mass is 79.9. The van der Waals surface area contributed by atoms with Gasteiger partial charge in [0, 0.05) is 27.3 Å². The summed E-state index contributed by atoms with van der Waals surface area (Å²) in [5, 5.41) is 10.5. The smallest absolute Gasteiger partial charge is 0.258 e. The van der Waals surface area contributed by atoms with Crippen LogP contribution in [0.5, 0.6) is 0 Å². The Bertz CT molecular complexity index is 540. The van der Waals surface area contributed by atoms with E-state index in [4.69, 9.17) is 0 Å². The van der Waals surface area contributed by atoms with E-state index in [-0.39, 0.29) is 10.6 Å². The van der Waals surface area contributed by atoms with Crippen molar-refractivity contribution in [1.82, 2.24) is 0 Å². The number of nitro groups is 1. The number of non-ortho nitro benzene ring substituents is 1. The van der Waals surface area contributed by atoms with Crippen LogP contribution in [0.4, 0.5) is 5.69 Å². The van der Waals surface area contributed by atoms with Crippen molar-refractivity contribution >= 4 is 33.4 Å². The molecule has 0 aliphatic heterocycles. The second-order valence-corrected chi connectivity index (χ2v) is 5.63. The van der Waals surface area contributed by atoms with Gasteiger partial charge in [-0.2, -0.15) is 0 Å². The molecule has 5 heteroatoms. The normalized spacial score (nSPS) is 10.3. The third-order valence-electron chi connectivity index (χ3n) is 2.37. The fourth-order valence-electron chi connectivity index (χ4n) is 1.41. The van der Waals surface area contributed by atoms with Gasteiger partial charge in [-0.15, -0.1) is 11.8 Å². The predicted octanol–water partition coefficient (Wildman–Crippen LogP) is 4.65. The van der Waals surface area contributed by atoms with Crippen LogP contribution in [0, 0.1) is 10.1 Å². The van der Waals surface area contributed by atoms with Crippen molar-refractivity contribution < 1.29 is 4.92 Å². The Morgan fingerprint density at radius 3 is 2.22 bits per heavy atom. The first kappa shape index (κ1) is 13.1. The van der Waals surface area contributed by atoms with Gasteiger partial charge in [-0.25, -0.2) is 0 Å². The Morgan fingerprint density at radius 2 is 1.67 bits per heavy atom. The molecule has 2 aromatic rings. The lowest BCUT2D eigenvalue weighted by molar-refractivity contribution is -0.384. The topological polar surface area (TPSA) is 43.1 Å². The van der Waals surface area contributed by atoms with Crippen molar-refractivity contribution in [3.63, 3.8) is 0 Å². The Labute approximate surface area is 117 Å². The number of rotatable bonds is 4. The first-order chi connectivity index (χ1) is 8.65. The second kappa shape index (κ2) is 6.02. The molecule has 0 radical (unpaired) electrons. The van der Waals surface area contributed by atoms with E-state index in [9.17, 15) is 10.1 Å². The summed E-state index contributed by atoms with van der Waals surface area (Å²) in [6.45, 7) is 0. The number of nitro benzene ring substituents is 1. The van der Waals surface area contributed by atoms with Gasteiger partial charge in [0.2, 0.25) is 0 Å². The van der Waals surface area contributed by atoms with Gasteiger partial charge in [-0.05, 0) is 29.8 Å². The lowest BCUT2D eigenvalue weighted by Gasteiger charge is -2.02. The molecule has 0 saturated carbocycles. The molecular formula is C13H10BrNO2S. The molecule has 18 heavy (non-hydrogen) atoms. The standard InChI is InChI=1S/C13H10BrNO2S/c14-11-3-1-10(2-4-11)9-18-13-7-5-12(6-8-13)15(16)17/h1-8H,9H2. The number of benzene rings is 2. The molecule has 0 unspecified atom stereocenters. The van der Waals surface area contributed by atoms with Gasteiger partial charge in [0.1, 0.15) is 0 Å². The van der Waals surface area contributed by atoms with E-state index in [1.165, 1.54) is 17.7 Å². The van der Waals surface area contributed by atoms with Crippen LogP contribution in [0.2, 0.25) is 0 Å². The quantitative estimate of drug-likeness (QED) is 0.467. The summed E-state index contributed by atoms with van der Waals surface area (Å²) in [7, 11) is 0. The van der Waals surface area contributed by atoms with E-state index in [2.05, 4.69) is 28.1 Å². The Kier molecular flexibility index (Phi) is 4.38. The van der Waals surface area contributed by atoms with Crippen LogP contribution in [0.25, 0.3) is 0 Å². The summed E-state index contributed by atoms with van der Waals surface area (Å²) in [6.07, 6.45) is 0. The van der Waals surface area contributed by atoms with Crippen molar-refractivity contribution in [3.8, 4) is 0 Å². The molecule has 0 atom stereocenters. The zero-order chi connectivity index (χ0) is 13.0. The molecule has 2 rings (SSSR count). The van der Waals surface area contributed by atoms with Gasteiger partial charge in [0.25, 0.3) is 5.69 Å². The van der Waals surface area contributed by atoms with Crippen molar-refractivity contribution in [1.29, 1.82) is 0 Å². The number of nitrogens with zero attached hydrogens (tertiary/aromatic N) is 1. The van der Waals surface area contributed by atoms with E-state index in [1.54, 1.807) is 23.9 Å². The molecule has 92 valence electrons. The highest BCUT2D eigenvalue weighted by molar-refractivity contribution is 9.10. The molecule has 0 bridgehead atoms. The van der Waals surface area contributed by atoms with Crippen LogP contribution in [0.3, 0.4) is 0 Å².